The Bertz CT molecular complexity index is 1660. The number of aromatic amines is 2. The summed E-state index contributed by atoms with van der Waals surface area (Å²) in [6.07, 6.45) is 2.54. The first kappa shape index (κ1) is 26.0. The lowest BCUT2D eigenvalue weighted by Gasteiger charge is -2.17. The molecule has 0 radical (unpaired) electrons. The molecule has 0 atom stereocenters. The summed E-state index contributed by atoms with van der Waals surface area (Å²) in [4.78, 5) is 30.0. The predicted octanol–water partition coefficient (Wildman–Crippen LogP) is 4.31. The van der Waals surface area contributed by atoms with E-state index in [1.807, 2.05) is 53.1 Å². The Hall–Kier alpha value is -4.67. The summed E-state index contributed by atoms with van der Waals surface area (Å²) < 4.78 is 7.60. The molecule has 39 heavy (non-hydrogen) atoms. The molecule has 0 saturated heterocycles. The molecule has 0 saturated carbocycles. The first-order valence-corrected chi connectivity index (χ1v) is 12.9. The highest BCUT2D eigenvalue weighted by molar-refractivity contribution is 5.85. The number of nitrogens with zero attached hydrogens (tertiary/aromatic N) is 6. The monoisotopic (exact) mass is 526 g/mol. The van der Waals surface area contributed by atoms with Gasteiger partial charge < -0.3 is 9.30 Å². The number of esters is 1. The number of aromatic nitrogens is 8. The third-order valence-electron chi connectivity index (χ3n) is 6.40. The van der Waals surface area contributed by atoms with Crippen molar-refractivity contribution in [1.82, 2.24) is 40.4 Å². The van der Waals surface area contributed by atoms with Crippen molar-refractivity contribution in [2.75, 3.05) is 0 Å². The standard InChI is InChI=1S/C28H30N8O3/c1-5-6-11-21-29-22-23(26(33-32-25(22)37)39-27(38)28(2,3)4)36(21)16-17-12-14-18(15-13-17)19-9-7-8-10-20(19)24-30-34-35-31-24/h7-10,12-15H,5-6,11,16H2,1-4H3,(H,32,37)(H,30,31,34,35). The Kier molecular flexibility index (Phi) is 7.05. The number of nitrogens with one attached hydrogen (secondary N) is 2. The fourth-order valence-electron chi connectivity index (χ4n) is 4.27. The maximum Gasteiger partial charge on any atom is 0.318 e. The molecule has 11 nitrogen and oxygen atoms in total. The van der Waals surface area contributed by atoms with Crippen LogP contribution in [0.4, 0.5) is 0 Å². The highest BCUT2D eigenvalue weighted by Crippen LogP contribution is 2.31. The van der Waals surface area contributed by atoms with Crippen LogP contribution < -0.4 is 10.3 Å². The lowest BCUT2D eigenvalue weighted by atomic mass is 9.97. The highest BCUT2D eigenvalue weighted by Gasteiger charge is 2.27. The number of tetrazole rings is 1. The molecule has 11 heteroatoms. The van der Waals surface area contributed by atoms with Crippen molar-refractivity contribution in [3.8, 4) is 28.4 Å². The number of unbranched alkanes of at least 4 members (excludes halogenated alkanes) is 1. The van der Waals surface area contributed by atoms with E-state index in [2.05, 4.69) is 42.7 Å². The second-order valence-electron chi connectivity index (χ2n) is 10.4. The quantitative estimate of drug-likeness (QED) is 0.285. The zero-order valence-electron chi connectivity index (χ0n) is 22.4. The maximum absolute atomic E-state index is 12.7. The number of carbonyl (C=O) groups excluding carboxylic acids is 1. The van der Waals surface area contributed by atoms with Gasteiger partial charge in [-0.05, 0) is 49.1 Å². The Morgan fingerprint density at radius 1 is 1.03 bits per heavy atom. The number of H-pyrrole nitrogens is 2. The first-order valence-electron chi connectivity index (χ1n) is 12.9. The van der Waals surface area contributed by atoms with Gasteiger partial charge in [0.05, 0.1) is 5.41 Å². The van der Waals surface area contributed by atoms with Gasteiger partial charge in [0.1, 0.15) is 11.3 Å². The van der Waals surface area contributed by atoms with E-state index in [4.69, 9.17) is 4.74 Å². The van der Waals surface area contributed by atoms with Crippen LogP contribution in [0.3, 0.4) is 0 Å². The van der Waals surface area contributed by atoms with Gasteiger partial charge in [-0.1, -0.05) is 61.9 Å². The summed E-state index contributed by atoms with van der Waals surface area (Å²) in [5, 5.41) is 20.9. The molecule has 200 valence electrons. The number of aryl methyl sites for hydroxylation is 1. The van der Waals surface area contributed by atoms with Crippen molar-refractivity contribution < 1.29 is 9.53 Å². The van der Waals surface area contributed by atoms with Gasteiger partial charge in [-0.25, -0.2) is 10.1 Å². The van der Waals surface area contributed by atoms with E-state index in [1.165, 1.54) is 0 Å². The van der Waals surface area contributed by atoms with E-state index in [1.54, 1.807) is 20.8 Å². The number of rotatable bonds is 8. The molecular weight excluding hydrogens is 496 g/mol. The van der Waals surface area contributed by atoms with Crippen molar-refractivity contribution in [3.63, 3.8) is 0 Å². The van der Waals surface area contributed by atoms with E-state index in [9.17, 15) is 9.59 Å². The van der Waals surface area contributed by atoms with Crippen molar-refractivity contribution in [2.24, 2.45) is 5.41 Å². The number of hydrogen-bond acceptors (Lipinski definition) is 8. The summed E-state index contributed by atoms with van der Waals surface area (Å²) in [6.45, 7) is 7.82. The molecule has 2 N–H and O–H groups in total. The van der Waals surface area contributed by atoms with Gasteiger partial charge in [-0.3, -0.25) is 9.59 Å². The van der Waals surface area contributed by atoms with Gasteiger partial charge in [-0.15, -0.1) is 15.3 Å². The minimum atomic E-state index is -0.742. The number of ether oxygens (including phenoxy) is 1. The van der Waals surface area contributed by atoms with Crippen LogP contribution >= 0.6 is 0 Å². The SMILES string of the molecule is CCCCc1nc2c(=O)[nH]nc(OC(=O)C(C)(C)C)c2n1Cc1ccc(-c2ccccc2-c2nn[nH]n2)cc1. The van der Waals surface area contributed by atoms with E-state index in [0.717, 1.165) is 40.9 Å². The van der Waals surface area contributed by atoms with Gasteiger partial charge in [0.15, 0.2) is 5.52 Å². The molecule has 0 fully saturated rings. The minimum absolute atomic E-state index is 0.0467. The topological polar surface area (TPSA) is 144 Å². The van der Waals surface area contributed by atoms with Crippen LogP contribution in [-0.2, 0) is 17.8 Å². The van der Waals surface area contributed by atoms with Gasteiger partial charge in [0, 0.05) is 18.5 Å². The molecule has 0 spiro atoms. The van der Waals surface area contributed by atoms with Crippen molar-refractivity contribution >= 4 is 17.0 Å². The number of fused-ring (bicyclic) bond motifs is 1. The number of carbonyl (C=O) groups is 1. The largest absolute Gasteiger partial charge is 0.403 e. The van der Waals surface area contributed by atoms with Crippen LogP contribution in [-0.4, -0.2) is 46.3 Å². The smallest absolute Gasteiger partial charge is 0.318 e. The van der Waals surface area contributed by atoms with Crippen LogP contribution in [0, 0.1) is 5.41 Å². The fourth-order valence-corrected chi connectivity index (χ4v) is 4.27. The normalized spacial score (nSPS) is 11.7. The summed E-state index contributed by atoms with van der Waals surface area (Å²) in [5.74, 6) is 0.862. The van der Waals surface area contributed by atoms with Crippen LogP contribution in [0.2, 0.25) is 0 Å². The molecule has 3 aromatic heterocycles. The predicted molar refractivity (Wildman–Crippen MR) is 146 cm³/mol. The fraction of sp³-hybridized carbons (Fsp3) is 0.321. The average molecular weight is 527 g/mol. The van der Waals surface area contributed by atoms with Gasteiger partial charge in [0.25, 0.3) is 11.4 Å². The molecule has 0 bridgehead atoms. The second-order valence-corrected chi connectivity index (χ2v) is 10.4. The molecule has 3 heterocycles. The molecular formula is C28H30N8O3. The van der Waals surface area contributed by atoms with E-state index < -0.39 is 16.9 Å². The van der Waals surface area contributed by atoms with E-state index >= 15 is 0 Å². The maximum atomic E-state index is 12.7. The van der Waals surface area contributed by atoms with Crippen LogP contribution in [0.1, 0.15) is 51.9 Å². The summed E-state index contributed by atoms with van der Waals surface area (Å²) >= 11 is 0. The zero-order chi connectivity index (χ0) is 27.6. The Morgan fingerprint density at radius 2 is 1.77 bits per heavy atom. The molecule has 2 aromatic carbocycles. The molecule has 0 aliphatic rings. The number of benzene rings is 2. The molecule has 5 rings (SSSR count). The van der Waals surface area contributed by atoms with Gasteiger partial charge >= 0.3 is 5.97 Å². The Morgan fingerprint density at radius 3 is 2.44 bits per heavy atom. The molecule has 0 unspecified atom stereocenters. The van der Waals surface area contributed by atoms with E-state index in [0.29, 0.717) is 24.3 Å². The van der Waals surface area contributed by atoms with Crippen molar-refractivity contribution in [1.29, 1.82) is 0 Å². The zero-order valence-corrected chi connectivity index (χ0v) is 22.4. The lowest BCUT2D eigenvalue weighted by Crippen LogP contribution is -2.27. The third-order valence-corrected chi connectivity index (χ3v) is 6.40. The molecule has 0 amide bonds. The summed E-state index contributed by atoms with van der Waals surface area (Å²) in [5.41, 5.74) is 3.29. The summed E-state index contributed by atoms with van der Waals surface area (Å²) in [7, 11) is 0. The minimum Gasteiger partial charge on any atom is -0.403 e. The average Bonchev–Trinajstić information content (AvgIpc) is 3.58. The molecule has 0 aliphatic carbocycles. The van der Waals surface area contributed by atoms with Crippen molar-refractivity contribution in [2.45, 2.75) is 53.5 Å². The third kappa shape index (κ3) is 5.33. The summed E-state index contributed by atoms with van der Waals surface area (Å²) in [6, 6.07) is 16.0. The lowest BCUT2D eigenvalue weighted by molar-refractivity contribution is -0.143. The van der Waals surface area contributed by atoms with Crippen LogP contribution in [0.15, 0.2) is 53.3 Å². The number of hydrogen-bond donors (Lipinski definition) is 2. The second kappa shape index (κ2) is 10.6. The van der Waals surface area contributed by atoms with Crippen LogP contribution in [0.5, 0.6) is 5.88 Å². The first-order chi connectivity index (χ1) is 18.8. The van der Waals surface area contributed by atoms with Gasteiger partial charge in [0.2, 0.25) is 5.82 Å². The molecule has 0 aliphatic heterocycles. The van der Waals surface area contributed by atoms with E-state index in [-0.39, 0.29) is 11.4 Å². The van der Waals surface area contributed by atoms with Crippen LogP contribution in [0.25, 0.3) is 33.5 Å². The Balaban J connectivity index is 1.54. The van der Waals surface area contributed by atoms with Gasteiger partial charge in [-0.2, -0.15) is 5.21 Å². The molecule has 5 aromatic rings. The van der Waals surface area contributed by atoms with Crippen molar-refractivity contribution in [3.05, 3.63) is 70.3 Å². The highest BCUT2D eigenvalue weighted by atomic mass is 16.5. The Labute approximate surface area is 224 Å². The number of imidazole rings is 1.